The van der Waals surface area contributed by atoms with Gasteiger partial charge in [0.2, 0.25) is 5.91 Å². The van der Waals surface area contributed by atoms with Gasteiger partial charge >= 0.3 is 6.03 Å². The van der Waals surface area contributed by atoms with Crippen molar-refractivity contribution in [3.8, 4) is 0 Å². The summed E-state index contributed by atoms with van der Waals surface area (Å²) in [6.07, 6.45) is 2.73. The Morgan fingerprint density at radius 2 is 2.17 bits per heavy atom. The number of likely N-dealkylation sites (tertiary alicyclic amines) is 1. The van der Waals surface area contributed by atoms with Crippen molar-refractivity contribution in [2.24, 2.45) is 5.92 Å². The molecule has 2 fully saturated rings. The molecule has 0 bridgehead atoms. The molecule has 1 saturated carbocycles. The lowest BCUT2D eigenvalue weighted by Crippen LogP contribution is -2.40. The highest BCUT2D eigenvalue weighted by Crippen LogP contribution is 2.32. The fourth-order valence-electron chi connectivity index (χ4n) is 3.13. The van der Waals surface area contributed by atoms with Crippen LogP contribution in [0.3, 0.4) is 0 Å². The van der Waals surface area contributed by atoms with Gasteiger partial charge < -0.3 is 15.5 Å². The number of rotatable bonds is 5. The first kappa shape index (κ1) is 16.7. The highest BCUT2D eigenvalue weighted by Gasteiger charge is 2.39. The molecule has 3 rings (SSSR count). The Balaban J connectivity index is 1.45. The molecule has 1 aromatic carbocycles. The fraction of sp³-hybridized carbons (Fsp3) is 0.556. The minimum absolute atomic E-state index is 0.177. The van der Waals surface area contributed by atoms with Gasteiger partial charge in [0.15, 0.2) is 0 Å². The minimum Gasteiger partial charge on any atom is -0.339 e. The second-order valence-electron chi connectivity index (χ2n) is 6.93. The molecule has 2 atom stereocenters. The van der Waals surface area contributed by atoms with Gasteiger partial charge in [0, 0.05) is 31.5 Å². The van der Waals surface area contributed by atoms with Crippen LogP contribution in [-0.2, 0) is 4.79 Å². The molecule has 3 amide bonds. The molecule has 0 spiro atoms. The van der Waals surface area contributed by atoms with Crippen LogP contribution in [0.15, 0.2) is 18.2 Å². The van der Waals surface area contributed by atoms with E-state index in [2.05, 4.69) is 10.6 Å². The van der Waals surface area contributed by atoms with Gasteiger partial charge in [-0.2, -0.15) is 0 Å². The maximum Gasteiger partial charge on any atom is 0.315 e. The second-order valence-corrected chi connectivity index (χ2v) is 6.93. The average molecular weight is 333 g/mol. The van der Waals surface area contributed by atoms with E-state index in [9.17, 15) is 14.0 Å². The van der Waals surface area contributed by atoms with Gasteiger partial charge in [0.25, 0.3) is 0 Å². The van der Waals surface area contributed by atoms with E-state index in [4.69, 9.17) is 0 Å². The van der Waals surface area contributed by atoms with E-state index in [1.807, 2.05) is 17.9 Å². The van der Waals surface area contributed by atoms with Gasteiger partial charge in [-0.25, -0.2) is 9.18 Å². The van der Waals surface area contributed by atoms with Gasteiger partial charge in [0.05, 0.1) is 6.04 Å². The summed E-state index contributed by atoms with van der Waals surface area (Å²) in [5.41, 5.74) is 1.31. The lowest BCUT2D eigenvalue weighted by Gasteiger charge is -2.18. The molecule has 2 aliphatic rings. The molecule has 24 heavy (non-hydrogen) atoms. The third-order valence-electron chi connectivity index (χ3n) is 4.82. The van der Waals surface area contributed by atoms with Crippen molar-refractivity contribution in [3.63, 3.8) is 0 Å². The van der Waals surface area contributed by atoms with Crippen LogP contribution < -0.4 is 10.6 Å². The Bertz CT molecular complexity index is 645. The first-order valence-electron chi connectivity index (χ1n) is 8.54. The molecule has 0 unspecified atom stereocenters. The maximum atomic E-state index is 13.6. The van der Waals surface area contributed by atoms with E-state index in [1.54, 1.807) is 13.0 Å². The highest BCUT2D eigenvalue weighted by atomic mass is 19.1. The quantitative estimate of drug-likeness (QED) is 0.870. The lowest BCUT2D eigenvalue weighted by atomic mass is 10.1. The summed E-state index contributed by atoms with van der Waals surface area (Å²) in [5, 5.41) is 5.64. The summed E-state index contributed by atoms with van der Waals surface area (Å²) in [5.74, 6) is 0.107. The summed E-state index contributed by atoms with van der Waals surface area (Å²) < 4.78 is 13.6. The van der Waals surface area contributed by atoms with Crippen molar-refractivity contribution in [2.75, 3.05) is 13.1 Å². The first-order valence-corrected chi connectivity index (χ1v) is 8.54. The summed E-state index contributed by atoms with van der Waals surface area (Å²) in [6.45, 7) is 4.74. The number of benzene rings is 1. The van der Waals surface area contributed by atoms with E-state index in [0.29, 0.717) is 24.6 Å². The molecule has 5 nitrogen and oxygen atoms in total. The summed E-state index contributed by atoms with van der Waals surface area (Å²) in [4.78, 5) is 25.9. The monoisotopic (exact) mass is 333 g/mol. The first-order chi connectivity index (χ1) is 11.4. The fourth-order valence-corrected chi connectivity index (χ4v) is 3.13. The van der Waals surface area contributed by atoms with Gasteiger partial charge in [-0.15, -0.1) is 0 Å². The van der Waals surface area contributed by atoms with Crippen LogP contribution in [0.1, 0.15) is 43.4 Å². The molecule has 0 radical (unpaired) electrons. The van der Waals surface area contributed by atoms with E-state index in [0.717, 1.165) is 24.9 Å². The van der Waals surface area contributed by atoms with Gasteiger partial charge in [0.1, 0.15) is 5.82 Å². The van der Waals surface area contributed by atoms with Crippen LogP contribution in [-0.4, -0.2) is 36.0 Å². The van der Waals surface area contributed by atoms with E-state index >= 15 is 0 Å². The number of hydrogen-bond acceptors (Lipinski definition) is 2. The number of aryl methyl sites for hydroxylation is 1. The molecule has 6 heteroatoms. The summed E-state index contributed by atoms with van der Waals surface area (Å²) in [6, 6.07) is 4.83. The van der Waals surface area contributed by atoms with E-state index in [-0.39, 0.29) is 29.7 Å². The van der Waals surface area contributed by atoms with Crippen LogP contribution in [0, 0.1) is 18.7 Å². The van der Waals surface area contributed by atoms with Crippen molar-refractivity contribution in [1.29, 1.82) is 0 Å². The topological polar surface area (TPSA) is 61.4 Å². The minimum atomic E-state index is -0.291. The number of nitrogens with zero attached hydrogens (tertiary/aromatic N) is 1. The number of halogens is 1. The van der Waals surface area contributed by atoms with Crippen LogP contribution in [0.2, 0.25) is 0 Å². The molecule has 1 aliphatic heterocycles. The Hall–Kier alpha value is -2.11. The normalized spacial score (nSPS) is 21.7. The van der Waals surface area contributed by atoms with Crippen molar-refractivity contribution >= 4 is 11.9 Å². The standard InChI is InChI=1S/C18H24FN3O2/c1-11-3-4-14(8-16(11)19)12(2)21-18(24)20-9-13-7-17(23)22(10-13)15-5-6-15/h3-4,8,12-13,15H,5-7,9-10H2,1-2H3,(H2,20,21,24)/t12-,13+/m0/s1. The molecule has 1 saturated heterocycles. The molecule has 2 N–H and O–H groups in total. The molecular formula is C18H24FN3O2. The largest absolute Gasteiger partial charge is 0.339 e. The average Bonchev–Trinajstić information content (AvgIpc) is 3.31. The predicted molar refractivity (Wildman–Crippen MR) is 88.9 cm³/mol. The van der Waals surface area contributed by atoms with Gasteiger partial charge in [-0.3, -0.25) is 4.79 Å². The summed E-state index contributed by atoms with van der Waals surface area (Å²) >= 11 is 0. The van der Waals surface area contributed by atoms with Crippen molar-refractivity contribution in [1.82, 2.24) is 15.5 Å². The molecule has 130 valence electrons. The van der Waals surface area contributed by atoms with Gasteiger partial charge in [-0.1, -0.05) is 12.1 Å². The second kappa shape index (κ2) is 6.79. The van der Waals surface area contributed by atoms with E-state index in [1.165, 1.54) is 6.07 Å². The highest BCUT2D eigenvalue weighted by molar-refractivity contribution is 5.79. The third kappa shape index (κ3) is 3.86. The smallest absolute Gasteiger partial charge is 0.315 e. The molecular weight excluding hydrogens is 309 g/mol. The molecule has 1 aliphatic carbocycles. The van der Waals surface area contributed by atoms with Crippen LogP contribution in [0.4, 0.5) is 9.18 Å². The molecule has 0 aromatic heterocycles. The third-order valence-corrected chi connectivity index (χ3v) is 4.82. The Morgan fingerprint density at radius 1 is 1.42 bits per heavy atom. The number of hydrogen-bond donors (Lipinski definition) is 2. The maximum absolute atomic E-state index is 13.6. The Morgan fingerprint density at radius 3 is 2.83 bits per heavy atom. The van der Waals surface area contributed by atoms with Crippen LogP contribution >= 0.6 is 0 Å². The zero-order chi connectivity index (χ0) is 17.3. The number of carbonyl (C=O) groups excluding carboxylic acids is 2. The number of urea groups is 1. The molecule has 1 heterocycles. The van der Waals surface area contributed by atoms with Crippen molar-refractivity contribution in [2.45, 2.75) is 45.2 Å². The lowest BCUT2D eigenvalue weighted by molar-refractivity contribution is -0.128. The number of nitrogens with one attached hydrogen (secondary N) is 2. The Kier molecular flexibility index (Phi) is 4.73. The van der Waals surface area contributed by atoms with Gasteiger partial charge in [-0.05, 0) is 43.9 Å². The summed E-state index contributed by atoms with van der Waals surface area (Å²) in [7, 11) is 0. The van der Waals surface area contributed by atoms with Crippen molar-refractivity contribution in [3.05, 3.63) is 35.1 Å². The van der Waals surface area contributed by atoms with Crippen LogP contribution in [0.25, 0.3) is 0 Å². The number of amides is 3. The number of carbonyl (C=O) groups is 2. The predicted octanol–water partition coefficient (Wildman–Crippen LogP) is 2.51. The van der Waals surface area contributed by atoms with Crippen molar-refractivity contribution < 1.29 is 14.0 Å². The Labute approximate surface area is 141 Å². The zero-order valence-corrected chi connectivity index (χ0v) is 14.1. The SMILES string of the molecule is Cc1ccc([C@H](C)NC(=O)NC[C@H]2CC(=O)N(C3CC3)C2)cc1F. The van der Waals surface area contributed by atoms with Crippen LogP contribution in [0.5, 0.6) is 0 Å². The molecule has 1 aromatic rings. The van der Waals surface area contributed by atoms with E-state index < -0.39 is 0 Å². The zero-order valence-electron chi connectivity index (χ0n) is 14.1.